The summed E-state index contributed by atoms with van der Waals surface area (Å²) in [7, 11) is -6.00. The molecule has 18 heavy (non-hydrogen) atoms. The van der Waals surface area contributed by atoms with Crippen molar-refractivity contribution in [1.29, 1.82) is 5.39 Å². The molecule has 0 spiro atoms. The van der Waals surface area contributed by atoms with Crippen LogP contribution < -0.4 is 0 Å². The van der Waals surface area contributed by atoms with Crippen LogP contribution in [-0.2, 0) is 0 Å². The molecule has 0 atom stereocenters. The van der Waals surface area contributed by atoms with Gasteiger partial charge in [-0.3, -0.25) is 0 Å². The molecule has 0 heterocycles. The lowest BCUT2D eigenvalue weighted by Crippen LogP contribution is -2.12. The van der Waals surface area contributed by atoms with Crippen molar-refractivity contribution in [2.24, 2.45) is 0 Å². The average Bonchev–Trinajstić information content (AvgIpc) is 2.32. The van der Waals surface area contributed by atoms with Crippen LogP contribution in [0.15, 0.2) is 36.4 Å². The molecular weight excluding hydrogens is 249 g/mol. The van der Waals surface area contributed by atoms with Gasteiger partial charge >= 0.3 is 12.3 Å². The first kappa shape index (κ1) is 18.6. The predicted octanol–water partition coefficient (Wildman–Crippen LogP) is 4.08. The number of hydrogen-bond acceptors (Lipinski definition) is 2. The van der Waals surface area contributed by atoms with Crippen LogP contribution in [0.1, 0.15) is 13.8 Å². The van der Waals surface area contributed by atoms with E-state index in [4.69, 9.17) is 5.39 Å². The van der Waals surface area contributed by atoms with Crippen LogP contribution in [0, 0.1) is 5.39 Å². The van der Waals surface area contributed by atoms with Gasteiger partial charge in [-0.25, -0.2) is 0 Å². The van der Waals surface area contributed by atoms with Crippen LogP contribution >= 0.6 is 0 Å². The number of nitrogens with zero attached hydrogens (tertiary/aromatic N) is 3. The summed E-state index contributed by atoms with van der Waals surface area (Å²) in [6, 6.07) is 12.0. The zero-order valence-electron chi connectivity index (χ0n) is 10.3. The van der Waals surface area contributed by atoms with Crippen LogP contribution in [0.3, 0.4) is 0 Å². The number of benzene rings is 1. The third kappa shape index (κ3) is 23.8. The summed E-state index contributed by atoms with van der Waals surface area (Å²) in [5.74, 6) is 0. The molecule has 0 radical (unpaired) electrons. The Hall–Kier alpha value is -1.78. The molecule has 0 saturated heterocycles. The Labute approximate surface area is 104 Å². The molecule has 0 bridgehead atoms. The third-order valence-electron chi connectivity index (χ3n) is 1.52. The number of halogens is 4. The highest BCUT2D eigenvalue weighted by molar-refractivity contribution is 6.50. The van der Waals surface area contributed by atoms with Crippen molar-refractivity contribution in [2.45, 2.75) is 13.8 Å². The molecule has 0 saturated carbocycles. The van der Waals surface area contributed by atoms with Gasteiger partial charge < -0.3 is 17.3 Å². The summed E-state index contributed by atoms with van der Waals surface area (Å²) in [5, 5.41) is 12.6. The van der Waals surface area contributed by atoms with E-state index in [-0.39, 0.29) is 0 Å². The lowest BCUT2D eigenvalue weighted by Gasteiger charge is -1.94. The van der Waals surface area contributed by atoms with Gasteiger partial charge in [0.25, 0.3) is 5.39 Å². The molecule has 102 valence electrons. The second-order valence-corrected chi connectivity index (χ2v) is 2.88. The fraction of sp³-hybridized carbons (Fsp3) is 0.400. The topological polar surface area (TPSA) is 31.4 Å². The summed E-state index contributed by atoms with van der Waals surface area (Å²) in [5.41, 5.74) is 0. The molecular formula is C10H16BF4N3. The van der Waals surface area contributed by atoms with Gasteiger partial charge in [-0.15, -0.1) is 0 Å². The molecule has 0 aliphatic carbocycles. The maximum Gasteiger partial charge on any atom is 0.673 e. The zero-order valence-corrected chi connectivity index (χ0v) is 10.3. The van der Waals surface area contributed by atoms with Crippen molar-refractivity contribution >= 4 is 7.25 Å². The summed E-state index contributed by atoms with van der Waals surface area (Å²) in [6.45, 7) is 5.41. The summed E-state index contributed by atoms with van der Waals surface area (Å²) >= 11 is 0. The molecule has 0 aliphatic heterocycles. The smallest absolute Gasteiger partial charge is 0.418 e. The molecule has 1 aromatic carbocycles. The van der Waals surface area contributed by atoms with E-state index < -0.39 is 7.25 Å². The largest absolute Gasteiger partial charge is 0.673 e. The fourth-order valence-electron chi connectivity index (χ4n) is 0.735. The van der Waals surface area contributed by atoms with Gasteiger partial charge in [-0.1, -0.05) is 36.4 Å². The predicted molar refractivity (Wildman–Crippen MR) is 64.6 cm³/mol. The Balaban J connectivity index is 0. The molecule has 0 fully saturated rings. The van der Waals surface area contributed by atoms with Gasteiger partial charge in [0, 0.05) is 0 Å². The minimum atomic E-state index is -6.00. The first-order valence-electron chi connectivity index (χ1n) is 5.32. The molecule has 3 nitrogen and oxygen atoms in total. The Morgan fingerprint density at radius 1 is 0.889 bits per heavy atom. The average molecular weight is 265 g/mol. The minimum Gasteiger partial charge on any atom is -0.418 e. The van der Waals surface area contributed by atoms with Crippen molar-refractivity contribution in [3.8, 4) is 0 Å². The maximum atomic E-state index is 9.75. The Bertz CT molecular complexity index is 276. The molecule has 0 amide bonds. The molecule has 1 aromatic rings. The second-order valence-electron chi connectivity index (χ2n) is 2.88. The van der Waals surface area contributed by atoms with Crippen molar-refractivity contribution in [1.82, 2.24) is 5.01 Å². The number of rotatable bonds is 2. The van der Waals surface area contributed by atoms with E-state index in [9.17, 15) is 17.3 Å². The highest BCUT2D eigenvalue weighted by atomic mass is 19.5. The fourth-order valence-corrected chi connectivity index (χ4v) is 0.735. The third-order valence-corrected chi connectivity index (χ3v) is 1.52. The molecule has 0 aromatic heterocycles. The van der Waals surface area contributed by atoms with E-state index in [2.05, 4.69) is 5.08 Å². The molecule has 0 unspecified atom stereocenters. The Morgan fingerprint density at radius 2 is 1.11 bits per heavy atom. The molecule has 1 rings (SSSR count). The van der Waals surface area contributed by atoms with Crippen molar-refractivity contribution in [3.63, 3.8) is 0 Å². The molecule has 8 heteroatoms. The van der Waals surface area contributed by atoms with E-state index >= 15 is 0 Å². The number of hydrogen-bond donors (Lipinski definition) is 0. The second kappa shape index (κ2) is 11.7. The van der Waals surface area contributed by atoms with Gasteiger partial charge in [0.15, 0.2) is 0 Å². The van der Waals surface area contributed by atoms with E-state index in [1.807, 2.05) is 50.2 Å². The van der Waals surface area contributed by atoms with Gasteiger partial charge in [0.05, 0.1) is 13.1 Å². The Morgan fingerprint density at radius 3 is 1.17 bits per heavy atom. The van der Waals surface area contributed by atoms with Crippen LogP contribution in [0.25, 0.3) is 5.08 Å². The first-order chi connectivity index (χ1) is 8.35. The first-order valence-corrected chi connectivity index (χ1v) is 5.32. The standard InChI is InChI=1S/C6H6.C4H10N3.BF4/c1-2-4-6-5-3-1;1-3-7(4-2)6-5;2-1(3,4)5/h1-6H;3-4H2,1-2H3;/q;+1;-1. The minimum absolute atomic E-state index is 0.771. The highest BCUT2D eigenvalue weighted by Gasteiger charge is 2.20. The van der Waals surface area contributed by atoms with Crippen molar-refractivity contribution < 1.29 is 17.3 Å². The van der Waals surface area contributed by atoms with Crippen LogP contribution in [-0.4, -0.2) is 25.4 Å². The maximum absolute atomic E-state index is 9.75. The quantitative estimate of drug-likeness (QED) is 0.349. The van der Waals surface area contributed by atoms with Gasteiger partial charge in [0.2, 0.25) is 0 Å². The van der Waals surface area contributed by atoms with Crippen LogP contribution in [0.4, 0.5) is 17.3 Å². The summed E-state index contributed by atoms with van der Waals surface area (Å²) < 4.78 is 39.0. The molecule has 0 N–H and O–H groups in total. The van der Waals surface area contributed by atoms with Crippen molar-refractivity contribution in [3.05, 3.63) is 41.5 Å². The Kier molecular flexibility index (Phi) is 12.1. The number of diazo groups is 1. The monoisotopic (exact) mass is 265 g/mol. The van der Waals surface area contributed by atoms with E-state index in [0.717, 1.165) is 13.1 Å². The van der Waals surface area contributed by atoms with E-state index in [0.29, 0.717) is 0 Å². The van der Waals surface area contributed by atoms with Gasteiger partial charge in [-0.05, 0) is 18.9 Å². The SMILES string of the molecule is CCN(CC)[N+]#N.F[B-](F)(F)F.c1ccccc1. The van der Waals surface area contributed by atoms with E-state index in [1.165, 1.54) is 0 Å². The zero-order chi connectivity index (χ0) is 14.4. The summed E-state index contributed by atoms with van der Waals surface area (Å²) in [6.07, 6.45) is 0. The summed E-state index contributed by atoms with van der Waals surface area (Å²) in [4.78, 5) is 0. The lowest BCUT2D eigenvalue weighted by atomic mass is 10.3. The van der Waals surface area contributed by atoms with Gasteiger partial charge in [0.1, 0.15) is 0 Å². The highest BCUT2D eigenvalue weighted by Crippen LogP contribution is 2.06. The lowest BCUT2D eigenvalue weighted by molar-refractivity contribution is 0.368. The van der Waals surface area contributed by atoms with Crippen molar-refractivity contribution in [2.75, 3.05) is 13.1 Å². The van der Waals surface area contributed by atoms with Crippen LogP contribution in [0.2, 0.25) is 0 Å². The van der Waals surface area contributed by atoms with Gasteiger partial charge in [-0.2, -0.15) is 0 Å². The molecule has 0 aliphatic rings. The van der Waals surface area contributed by atoms with E-state index in [1.54, 1.807) is 5.01 Å². The normalized spacial score (nSPS) is 8.94. The van der Waals surface area contributed by atoms with Crippen LogP contribution in [0.5, 0.6) is 0 Å².